The van der Waals surface area contributed by atoms with Gasteiger partial charge >= 0.3 is 0 Å². The van der Waals surface area contributed by atoms with Crippen LogP contribution in [0.2, 0.25) is 0 Å². The average Bonchev–Trinajstić information content (AvgIpc) is 2.05. The fourth-order valence-corrected chi connectivity index (χ4v) is 1.46. The van der Waals surface area contributed by atoms with E-state index >= 15 is 0 Å². The highest BCUT2D eigenvalue weighted by Gasteiger charge is 2.22. The maximum absolute atomic E-state index is 5.49. The van der Waals surface area contributed by atoms with Gasteiger partial charge in [0.25, 0.3) is 0 Å². The number of ether oxygens (including phenoxy) is 2. The smallest absolute Gasteiger partial charge is 0.121 e. The lowest BCUT2D eigenvalue weighted by Gasteiger charge is -2.28. The van der Waals surface area contributed by atoms with Gasteiger partial charge in [0.15, 0.2) is 0 Å². The van der Waals surface area contributed by atoms with Crippen molar-refractivity contribution in [1.82, 2.24) is 0 Å². The van der Waals surface area contributed by atoms with Crippen LogP contribution in [0.3, 0.4) is 0 Å². The Kier molecular flexibility index (Phi) is 1.63. The van der Waals surface area contributed by atoms with Crippen molar-refractivity contribution in [3.8, 4) is 0 Å². The lowest BCUT2D eigenvalue weighted by molar-refractivity contribution is -0.0134. The molecule has 0 spiro atoms. The van der Waals surface area contributed by atoms with E-state index in [4.69, 9.17) is 9.47 Å². The van der Waals surface area contributed by atoms with Gasteiger partial charge in [0.05, 0.1) is 13.2 Å². The van der Waals surface area contributed by atoms with Gasteiger partial charge in [0.2, 0.25) is 0 Å². The Morgan fingerprint density at radius 1 is 1.40 bits per heavy atom. The van der Waals surface area contributed by atoms with Crippen LogP contribution in [-0.4, -0.2) is 19.3 Å². The number of fused-ring (bicyclic) bond motifs is 1. The van der Waals surface area contributed by atoms with Gasteiger partial charge in [-0.15, -0.1) is 0 Å². The summed E-state index contributed by atoms with van der Waals surface area (Å²) in [6.07, 6.45) is 5.76. The molecule has 2 heteroatoms. The maximum atomic E-state index is 5.49. The van der Waals surface area contributed by atoms with E-state index in [1.165, 1.54) is 0 Å². The van der Waals surface area contributed by atoms with E-state index in [9.17, 15) is 0 Å². The van der Waals surface area contributed by atoms with Gasteiger partial charge in [-0.3, -0.25) is 0 Å². The van der Waals surface area contributed by atoms with E-state index < -0.39 is 0 Å². The highest BCUT2D eigenvalue weighted by molar-refractivity contribution is 5.04. The van der Waals surface area contributed by atoms with Crippen LogP contribution >= 0.6 is 0 Å². The van der Waals surface area contributed by atoms with Crippen molar-refractivity contribution in [3.05, 3.63) is 11.8 Å². The van der Waals surface area contributed by atoms with Crippen molar-refractivity contribution in [2.45, 2.75) is 25.4 Å². The number of hydrogen-bond donors (Lipinski definition) is 0. The molecule has 2 nitrogen and oxygen atoms in total. The van der Waals surface area contributed by atoms with Gasteiger partial charge in [-0.2, -0.15) is 0 Å². The monoisotopic (exact) mass is 140 g/mol. The van der Waals surface area contributed by atoms with E-state index in [0.717, 1.165) is 38.2 Å². The molecule has 1 saturated heterocycles. The van der Waals surface area contributed by atoms with Crippen molar-refractivity contribution in [3.63, 3.8) is 0 Å². The standard InChI is InChI=1S/C8H12O2/c1-3-7-8(9-5-1)4-2-6-10-7/h3,8H,1-2,4-6H2. The molecule has 2 heterocycles. The van der Waals surface area contributed by atoms with Gasteiger partial charge in [-0.1, -0.05) is 0 Å². The lowest BCUT2D eigenvalue weighted by atomic mass is 10.1. The van der Waals surface area contributed by atoms with Gasteiger partial charge in [-0.05, 0) is 25.3 Å². The Bertz CT molecular complexity index is 151. The molecule has 0 aromatic heterocycles. The molecule has 2 rings (SSSR count). The molecule has 0 aromatic rings. The Morgan fingerprint density at radius 2 is 2.40 bits per heavy atom. The van der Waals surface area contributed by atoms with Crippen LogP contribution in [0.4, 0.5) is 0 Å². The molecule has 0 N–H and O–H groups in total. The van der Waals surface area contributed by atoms with Crippen molar-refractivity contribution < 1.29 is 9.47 Å². The molecule has 2 aliphatic rings. The molecule has 1 atom stereocenters. The third kappa shape index (κ3) is 1.03. The van der Waals surface area contributed by atoms with Gasteiger partial charge in [-0.25, -0.2) is 0 Å². The topological polar surface area (TPSA) is 18.5 Å². The first-order chi connectivity index (χ1) is 4.97. The second-order valence-corrected chi connectivity index (χ2v) is 2.75. The minimum atomic E-state index is 0.294. The summed E-state index contributed by atoms with van der Waals surface area (Å²) >= 11 is 0. The van der Waals surface area contributed by atoms with Crippen molar-refractivity contribution in [2.75, 3.05) is 13.2 Å². The molecule has 1 fully saturated rings. The molecule has 0 radical (unpaired) electrons. The molecule has 0 bridgehead atoms. The van der Waals surface area contributed by atoms with E-state index in [-0.39, 0.29) is 0 Å². The van der Waals surface area contributed by atoms with Crippen LogP contribution in [0.5, 0.6) is 0 Å². The Hall–Kier alpha value is -0.500. The largest absolute Gasteiger partial charge is 0.496 e. The maximum Gasteiger partial charge on any atom is 0.121 e. The zero-order valence-electron chi connectivity index (χ0n) is 6.01. The Morgan fingerprint density at radius 3 is 3.30 bits per heavy atom. The third-order valence-corrected chi connectivity index (χ3v) is 1.98. The van der Waals surface area contributed by atoms with Gasteiger partial charge in [0.1, 0.15) is 11.9 Å². The van der Waals surface area contributed by atoms with Crippen molar-refractivity contribution in [1.29, 1.82) is 0 Å². The van der Waals surface area contributed by atoms with E-state index in [2.05, 4.69) is 6.08 Å². The Balaban J connectivity index is 2.08. The normalized spacial score (nSPS) is 32.0. The molecule has 0 amide bonds. The van der Waals surface area contributed by atoms with Crippen LogP contribution in [0.25, 0.3) is 0 Å². The molecular formula is C8H12O2. The fraction of sp³-hybridized carbons (Fsp3) is 0.750. The second kappa shape index (κ2) is 2.62. The second-order valence-electron chi connectivity index (χ2n) is 2.75. The molecule has 0 aliphatic carbocycles. The molecule has 0 saturated carbocycles. The van der Waals surface area contributed by atoms with E-state index in [1.54, 1.807) is 0 Å². The Labute approximate surface area is 60.8 Å². The highest BCUT2D eigenvalue weighted by atomic mass is 16.5. The molecule has 56 valence electrons. The molecular weight excluding hydrogens is 128 g/mol. The summed E-state index contributed by atoms with van der Waals surface area (Å²) in [5.41, 5.74) is 0. The first kappa shape index (κ1) is 6.23. The zero-order valence-corrected chi connectivity index (χ0v) is 6.01. The molecule has 0 aromatic carbocycles. The summed E-state index contributed by atoms with van der Waals surface area (Å²) < 4.78 is 10.9. The number of hydrogen-bond acceptors (Lipinski definition) is 2. The minimum absolute atomic E-state index is 0.294. The first-order valence-electron chi connectivity index (χ1n) is 3.91. The van der Waals surface area contributed by atoms with Crippen molar-refractivity contribution in [2.24, 2.45) is 0 Å². The van der Waals surface area contributed by atoms with Gasteiger partial charge < -0.3 is 9.47 Å². The lowest BCUT2D eigenvalue weighted by Crippen LogP contribution is -2.26. The van der Waals surface area contributed by atoms with Crippen LogP contribution in [-0.2, 0) is 9.47 Å². The van der Waals surface area contributed by atoms with Crippen LogP contribution < -0.4 is 0 Å². The van der Waals surface area contributed by atoms with Crippen molar-refractivity contribution >= 4 is 0 Å². The highest BCUT2D eigenvalue weighted by Crippen LogP contribution is 2.23. The molecule has 2 aliphatic heterocycles. The quantitative estimate of drug-likeness (QED) is 0.507. The summed E-state index contributed by atoms with van der Waals surface area (Å²) in [6.45, 7) is 1.75. The number of rotatable bonds is 0. The first-order valence-corrected chi connectivity index (χ1v) is 3.91. The predicted molar refractivity (Wildman–Crippen MR) is 37.6 cm³/mol. The summed E-state index contributed by atoms with van der Waals surface area (Å²) in [7, 11) is 0. The summed E-state index contributed by atoms with van der Waals surface area (Å²) in [4.78, 5) is 0. The average molecular weight is 140 g/mol. The molecule has 1 unspecified atom stereocenters. The summed E-state index contributed by atoms with van der Waals surface area (Å²) in [5.74, 6) is 1.08. The predicted octanol–water partition coefficient (Wildman–Crippen LogP) is 1.47. The molecule has 10 heavy (non-hydrogen) atoms. The van der Waals surface area contributed by atoms with Gasteiger partial charge in [0, 0.05) is 0 Å². The zero-order chi connectivity index (χ0) is 6.81. The van der Waals surface area contributed by atoms with E-state index in [0.29, 0.717) is 6.10 Å². The minimum Gasteiger partial charge on any atom is -0.496 e. The van der Waals surface area contributed by atoms with Crippen LogP contribution in [0, 0.1) is 0 Å². The van der Waals surface area contributed by atoms with E-state index in [1.807, 2.05) is 0 Å². The summed E-state index contributed by atoms with van der Waals surface area (Å²) in [5, 5.41) is 0. The SMILES string of the molecule is C1=C2OCCCC2OCC1. The third-order valence-electron chi connectivity index (χ3n) is 1.98. The fourth-order valence-electron chi connectivity index (χ4n) is 1.46. The van der Waals surface area contributed by atoms with Crippen LogP contribution in [0.1, 0.15) is 19.3 Å². The van der Waals surface area contributed by atoms with Crippen LogP contribution in [0.15, 0.2) is 11.8 Å². The summed E-state index contributed by atoms with van der Waals surface area (Å²) in [6, 6.07) is 0.